The molecule has 166 valence electrons. The van der Waals surface area contributed by atoms with E-state index in [4.69, 9.17) is 4.74 Å². The quantitative estimate of drug-likeness (QED) is 0.647. The molecule has 1 amide bonds. The zero-order valence-electron chi connectivity index (χ0n) is 17.1. The fourth-order valence-electron chi connectivity index (χ4n) is 4.07. The number of fused-ring (bicyclic) bond motifs is 1. The lowest BCUT2D eigenvalue weighted by atomic mass is 10.0. The first-order valence-corrected chi connectivity index (χ1v) is 12.4. The maximum Gasteiger partial charge on any atom is 0.340 e. The molecule has 0 atom stereocenters. The van der Waals surface area contributed by atoms with Crippen molar-refractivity contribution in [2.75, 3.05) is 26.7 Å². The Morgan fingerprint density at radius 3 is 2.55 bits per heavy atom. The van der Waals surface area contributed by atoms with Crippen molar-refractivity contribution in [2.24, 2.45) is 0 Å². The molecule has 0 aliphatic carbocycles. The Morgan fingerprint density at radius 2 is 1.87 bits per heavy atom. The first kappa shape index (κ1) is 21.9. The molecule has 31 heavy (non-hydrogen) atoms. The zero-order valence-corrected chi connectivity index (χ0v) is 18.7. The highest BCUT2D eigenvalue weighted by Gasteiger charge is 2.38. The third-order valence-electron chi connectivity index (χ3n) is 5.66. The van der Waals surface area contributed by atoms with E-state index in [-0.39, 0.29) is 27.8 Å². The van der Waals surface area contributed by atoms with Gasteiger partial charge in [0.15, 0.2) is 0 Å². The number of hydrogen-bond donors (Lipinski definition) is 0. The van der Waals surface area contributed by atoms with Crippen molar-refractivity contribution in [3.8, 4) is 0 Å². The summed E-state index contributed by atoms with van der Waals surface area (Å²) >= 11 is 1.03. The third kappa shape index (κ3) is 4.11. The number of halogens is 1. The average Bonchev–Trinajstić information content (AvgIpc) is 3.18. The van der Waals surface area contributed by atoms with Crippen LogP contribution in [0.15, 0.2) is 28.5 Å². The Labute approximate surface area is 184 Å². The number of rotatable bonds is 4. The Bertz CT molecular complexity index is 1120. The van der Waals surface area contributed by atoms with E-state index in [1.54, 1.807) is 11.0 Å². The summed E-state index contributed by atoms with van der Waals surface area (Å²) in [6.07, 6.45) is 2.88. The van der Waals surface area contributed by atoms with Gasteiger partial charge >= 0.3 is 5.97 Å². The lowest BCUT2D eigenvalue weighted by Gasteiger charge is -2.27. The number of sulfonamides is 1. The van der Waals surface area contributed by atoms with E-state index in [2.05, 4.69) is 0 Å². The van der Waals surface area contributed by atoms with Crippen LogP contribution in [0.4, 0.5) is 4.39 Å². The van der Waals surface area contributed by atoms with Gasteiger partial charge in [-0.1, -0.05) is 12.5 Å². The minimum atomic E-state index is -3.84. The van der Waals surface area contributed by atoms with Gasteiger partial charge in [-0.2, -0.15) is 4.31 Å². The molecule has 1 aromatic heterocycles. The van der Waals surface area contributed by atoms with E-state index in [9.17, 15) is 22.4 Å². The second kappa shape index (κ2) is 8.68. The minimum Gasteiger partial charge on any atom is -0.465 e. The number of esters is 1. The third-order valence-corrected chi connectivity index (χ3v) is 9.27. The van der Waals surface area contributed by atoms with Gasteiger partial charge in [-0.3, -0.25) is 4.79 Å². The van der Waals surface area contributed by atoms with Crippen molar-refractivity contribution in [3.63, 3.8) is 0 Å². The van der Waals surface area contributed by atoms with Crippen LogP contribution in [-0.4, -0.2) is 56.2 Å². The molecule has 2 aliphatic heterocycles. The molecule has 2 aliphatic rings. The van der Waals surface area contributed by atoms with E-state index in [0.29, 0.717) is 36.5 Å². The van der Waals surface area contributed by atoms with Crippen LogP contribution in [0.3, 0.4) is 0 Å². The Kier molecular flexibility index (Phi) is 6.14. The summed E-state index contributed by atoms with van der Waals surface area (Å²) < 4.78 is 46.5. The maximum absolute atomic E-state index is 13.5. The normalized spacial score (nSPS) is 17.3. The van der Waals surface area contributed by atoms with Gasteiger partial charge in [0, 0.05) is 30.1 Å². The van der Waals surface area contributed by atoms with Crippen molar-refractivity contribution >= 4 is 33.2 Å². The molecule has 3 heterocycles. The molecule has 0 saturated carbocycles. The van der Waals surface area contributed by atoms with Crippen LogP contribution in [-0.2, 0) is 27.7 Å². The molecule has 0 radical (unpaired) electrons. The lowest BCUT2D eigenvalue weighted by Crippen LogP contribution is -2.36. The highest BCUT2D eigenvalue weighted by molar-refractivity contribution is 7.91. The van der Waals surface area contributed by atoms with E-state index >= 15 is 0 Å². The Hall–Kier alpha value is -2.30. The van der Waals surface area contributed by atoms with Gasteiger partial charge in [-0.05, 0) is 43.0 Å². The maximum atomic E-state index is 13.5. The molecule has 0 bridgehead atoms. The number of piperidine rings is 1. The van der Waals surface area contributed by atoms with Crippen molar-refractivity contribution in [3.05, 3.63) is 51.7 Å². The van der Waals surface area contributed by atoms with Crippen LogP contribution in [0.2, 0.25) is 0 Å². The number of ether oxygens (including phenoxy) is 1. The van der Waals surface area contributed by atoms with Gasteiger partial charge in [0.05, 0.1) is 19.2 Å². The molecule has 7 nitrogen and oxygen atoms in total. The second-order valence-corrected chi connectivity index (χ2v) is 10.8. The molecule has 0 spiro atoms. The fraction of sp³-hybridized carbons (Fsp3) is 0.429. The van der Waals surface area contributed by atoms with Crippen molar-refractivity contribution in [2.45, 2.75) is 36.4 Å². The number of nitrogens with zero attached hydrogens (tertiary/aromatic N) is 2. The summed E-state index contributed by atoms with van der Waals surface area (Å²) in [4.78, 5) is 27.6. The molecule has 10 heteroatoms. The molecule has 0 N–H and O–H groups in total. The SMILES string of the molecule is COC(=O)c1c(S(=O)(=O)N2CCCCC2)sc2c1CCN(C(=O)c1cccc(F)c1)C2. The van der Waals surface area contributed by atoms with E-state index < -0.39 is 21.8 Å². The molecule has 0 unspecified atom stereocenters. The van der Waals surface area contributed by atoms with Gasteiger partial charge in [0.2, 0.25) is 0 Å². The van der Waals surface area contributed by atoms with Crippen molar-refractivity contribution < 1.29 is 27.1 Å². The number of carbonyl (C=O) groups excluding carboxylic acids is 2. The predicted molar refractivity (Wildman–Crippen MR) is 113 cm³/mol. The summed E-state index contributed by atoms with van der Waals surface area (Å²) in [5.74, 6) is -1.51. The summed E-state index contributed by atoms with van der Waals surface area (Å²) in [5.41, 5.74) is 0.941. The summed E-state index contributed by atoms with van der Waals surface area (Å²) in [6.45, 7) is 1.31. The fourth-order valence-corrected chi connectivity index (χ4v) is 7.63. The first-order chi connectivity index (χ1) is 14.8. The monoisotopic (exact) mass is 466 g/mol. The van der Waals surface area contributed by atoms with Crippen LogP contribution in [0.5, 0.6) is 0 Å². The van der Waals surface area contributed by atoms with Crippen LogP contribution >= 0.6 is 11.3 Å². The number of thiophene rings is 1. The number of amides is 1. The van der Waals surface area contributed by atoms with Crippen LogP contribution in [0.1, 0.15) is 50.4 Å². The second-order valence-electron chi connectivity index (χ2n) is 7.61. The molecule has 2 aromatic rings. The van der Waals surface area contributed by atoms with Crippen LogP contribution < -0.4 is 0 Å². The van der Waals surface area contributed by atoms with Crippen LogP contribution in [0.25, 0.3) is 0 Å². The Morgan fingerprint density at radius 1 is 1.13 bits per heavy atom. The summed E-state index contributed by atoms with van der Waals surface area (Å²) in [5, 5.41) is 0. The molecule has 1 fully saturated rings. The number of methoxy groups -OCH3 is 1. The minimum absolute atomic E-state index is 0.00805. The number of carbonyl (C=O) groups is 2. The first-order valence-electron chi connectivity index (χ1n) is 10.1. The highest BCUT2D eigenvalue weighted by atomic mass is 32.2. The molecule has 1 saturated heterocycles. The molecular weight excluding hydrogens is 443 g/mol. The topological polar surface area (TPSA) is 84.0 Å². The summed E-state index contributed by atoms with van der Waals surface area (Å²) in [6, 6.07) is 5.46. The zero-order chi connectivity index (χ0) is 22.2. The van der Waals surface area contributed by atoms with Crippen LogP contribution in [0, 0.1) is 5.82 Å². The van der Waals surface area contributed by atoms with E-state index in [0.717, 1.165) is 30.6 Å². The number of hydrogen-bond acceptors (Lipinski definition) is 6. The molecular formula is C21H23FN2O5S2. The Balaban J connectivity index is 1.69. The molecule has 1 aromatic carbocycles. The van der Waals surface area contributed by atoms with Gasteiger partial charge in [0.25, 0.3) is 15.9 Å². The lowest BCUT2D eigenvalue weighted by molar-refractivity contribution is 0.0595. The van der Waals surface area contributed by atoms with Gasteiger partial charge in [-0.25, -0.2) is 17.6 Å². The van der Waals surface area contributed by atoms with Gasteiger partial charge in [0.1, 0.15) is 10.0 Å². The number of benzene rings is 1. The predicted octanol–water partition coefficient (Wildman–Crippen LogP) is 3.05. The van der Waals surface area contributed by atoms with E-state index in [1.807, 2.05) is 0 Å². The van der Waals surface area contributed by atoms with Crippen molar-refractivity contribution in [1.82, 2.24) is 9.21 Å². The van der Waals surface area contributed by atoms with Gasteiger partial charge < -0.3 is 9.64 Å². The highest BCUT2D eigenvalue weighted by Crippen LogP contribution is 2.38. The largest absolute Gasteiger partial charge is 0.465 e. The average molecular weight is 467 g/mol. The standard InChI is InChI=1S/C21H23FN2O5S2/c1-29-20(26)18-16-8-11-23(19(25)14-6-5-7-15(22)12-14)13-17(16)30-21(18)31(27,28)24-9-3-2-4-10-24/h5-7,12H,2-4,8-11,13H2,1H3. The smallest absolute Gasteiger partial charge is 0.340 e. The summed E-state index contributed by atoms with van der Waals surface area (Å²) in [7, 11) is -2.61. The van der Waals surface area contributed by atoms with Crippen molar-refractivity contribution in [1.29, 1.82) is 0 Å². The molecule has 4 rings (SSSR count). The van der Waals surface area contributed by atoms with E-state index in [1.165, 1.54) is 29.6 Å². The van der Waals surface area contributed by atoms with Gasteiger partial charge in [-0.15, -0.1) is 11.3 Å².